The van der Waals surface area contributed by atoms with Crippen LogP contribution < -0.4 is 0 Å². The minimum absolute atomic E-state index is 0.0898. The van der Waals surface area contributed by atoms with Crippen LogP contribution in [-0.4, -0.2) is 35.4 Å². The van der Waals surface area contributed by atoms with Gasteiger partial charge in [-0.3, -0.25) is 0 Å². The van der Waals surface area contributed by atoms with Crippen molar-refractivity contribution >= 4 is 18.0 Å². The highest BCUT2D eigenvalue weighted by Crippen LogP contribution is 2.38. The van der Waals surface area contributed by atoms with Gasteiger partial charge in [0, 0.05) is 12.2 Å². The third kappa shape index (κ3) is 6.93. The Balaban J connectivity index is 1.64. The number of benzene rings is 1. The standard InChI is InChI=1S/C26H32O5/c1-18-8-6-7-10-20(18)12-14-26(29)31-22-16-21-11-5-3-4-9-19(2)30-25(28)15-13-24(27)23(21)17-22/h5-8,10-15,19,21-24,27H,3-4,9,16-17H2,1-2H3/b11-5+,14-12+,15-13+/t19-,21+,22-,23+,24+/m0/s1. The largest absolute Gasteiger partial charge is 0.460 e. The van der Waals surface area contributed by atoms with Crippen molar-refractivity contribution in [2.45, 2.75) is 64.3 Å². The van der Waals surface area contributed by atoms with Crippen LogP contribution in [0, 0.1) is 18.8 Å². The van der Waals surface area contributed by atoms with Crippen molar-refractivity contribution in [3.05, 3.63) is 65.8 Å². The van der Waals surface area contributed by atoms with Gasteiger partial charge in [0.2, 0.25) is 0 Å². The third-order valence-electron chi connectivity index (χ3n) is 6.04. The molecule has 1 aromatic carbocycles. The van der Waals surface area contributed by atoms with Crippen LogP contribution in [0.1, 0.15) is 50.2 Å². The summed E-state index contributed by atoms with van der Waals surface area (Å²) >= 11 is 0. The highest BCUT2D eigenvalue weighted by Gasteiger charge is 2.38. The maximum Gasteiger partial charge on any atom is 0.331 e. The number of rotatable bonds is 3. The van der Waals surface area contributed by atoms with Crippen LogP contribution in [0.2, 0.25) is 0 Å². The van der Waals surface area contributed by atoms with Gasteiger partial charge in [0.1, 0.15) is 6.10 Å². The van der Waals surface area contributed by atoms with Crippen molar-refractivity contribution in [1.29, 1.82) is 0 Å². The van der Waals surface area contributed by atoms with Crippen molar-refractivity contribution in [1.82, 2.24) is 0 Å². The predicted molar refractivity (Wildman–Crippen MR) is 120 cm³/mol. The number of aliphatic hydroxyl groups is 1. The van der Waals surface area contributed by atoms with E-state index in [-0.39, 0.29) is 30.0 Å². The number of fused-ring (bicyclic) bond motifs is 1. The Bertz CT molecular complexity index is 853. The summed E-state index contributed by atoms with van der Waals surface area (Å²) in [5.41, 5.74) is 2.07. The summed E-state index contributed by atoms with van der Waals surface area (Å²) in [6.07, 6.45) is 12.9. The molecule has 0 unspecified atom stereocenters. The number of esters is 2. The SMILES string of the molecule is Cc1ccccc1/C=C/C(=O)O[C@@H]1C[C@H]2[C@H](O)/C=C/C(=O)O[C@@H](C)CCC/C=C/[C@@H]2C1. The quantitative estimate of drug-likeness (QED) is 0.438. The number of hydrogen-bond acceptors (Lipinski definition) is 5. The lowest BCUT2D eigenvalue weighted by atomic mass is 9.90. The summed E-state index contributed by atoms with van der Waals surface area (Å²) in [7, 11) is 0. The fraction of sp³-hybridized carbons (Fsp3) is 0.462. The van der Waals surface area contributed by atoms with Crippen molar-refractivity contribution in [3.8, 4) is 0 Å². The molecule has 0 bridgehead atoms. The zero-order chi connectivity index (χ0) is 22.2. The smallest absolute Gasteiger partial charge is 0.331 e. The summed E-state index contributed by atoms with van der Waals surface area (Å²) in [5, 5.41) is 10.7. The van der Waals surface area contributed by atoms with Crippen LogP contribution in [0.15, 0.2) is 54.6 Å². The molecule has 1 aromatic rings. The number of aryl methyl sites for hydroxylation is 1. The Morgan fingerprint density at radius 2 is 2.03 bits per heavy atom. The molecule has 5 heteroatoms. The Kier molecular flexibility index (Phi) is 8.24. The molecule has 0 amide bonds. The minimum Gasteiger partial charge on any atom is -0.460 e. The fourth-order valence-corrected chi connectivity index (χ4v) is 4.31. The average Bonchev–Trinajstić information content (AvgIpc) is 3.13. The van der Waals surface area contributed by atoms with Crippen molar-refractivity contribution in [3.63, 3.8) is 0 Å². The molecule has 5 nitrogen and oxygen atoms in total. The van der Waals surface area contributed by atoms with Crippen LogP contribution in [0.4, 0.5) is 0 Å². The molecule has 5 atom stereocenters. The lowest BCUT2D eigenvalue weighted by Crippen LogP contribution is -2.22. The second-order valence-corrected chi connectivity index (χ2v) is 8.50. The molecule has 1 saturated carbocycles. The van der Waals surface area contributed by atoms with Gasteiger partial charge in [0.25, 0.3) is 0 Å². The lowest BCUT2D eigenvalue weighted by Gasteiger charge is -2.19. The normalized spacial score (nSPS) is 31.6. The van der Waals surface area contributed by atoms with Gasteiger partial charge in [-0.1, -0.05) is 36.4 Å². The number of hydrogen-bond donors (Lipinski definition) is 1. The first-order valence-electron chi connectivity index (χ1n) is 11.1. The van der Waals surface area contributed by atoms with Crippen LogP contribution in [-0.2, 0) is 19.1 Å². The van der Waals surface area contributed by atoms with Crippen LogP contribution >= 0.6 is 0 Å². The molecular weight excluding hydrogens is 392 g/mol. The molecule has 0 saturated heterocycles. The number of carbonyl (C=O) groups excluding carboxylic acids is 2. The second-order valence-electron chi connectivity index (χ2n) is 8.50. The number of allylic oxidation sites excluding steroid dienone is 2. The van der Waals surface area contributed by atoms with E-state index < -0.39 is 12.1 Å². The van der Waals surface area contributed by atoms with Gasteiger partial charge in [-0.2, -0.15) is 0 Å². The minimum atomic E-state index is -0.801. The molecule has 0 spiro atoms. The van der Waals surface area contributed by atoms with Crippen molar-refractivity contribution in [2.24, 2.45) is 11.8 Å². The van der Waals surface area contributed by atoms with E-state index in [1.165, 1.54) is 18.2 Å². The predicted octanol–water partition coefficient (Wildman–Crippen LogP) is 4.54. The van der Waals surface area contributed by atoms with Gasteiger partial charge in [0.15, 0.2) is 0 Å². The summed E-state index contributed by atoms with van der Waals surface area (Å²) in [5.74, 6) is -0.838. The lowest BCUT2D eigenvalue weighted by molar-refractivity contribution is -0.143. The molecule has 1 N–H and O–H groups in total. The number of carbonyl (C=O) groups is 2. The van der Waals surface area contributed by atoms with Crippen LogP contribution in [0.25, 0.3) is 6.08 Å². The molecule has 0 radical (unpaired) electrons. The first kappa shape index (κ1) is 23.0. The van der Waals surface area contributed by atoms with E-state index in [1.54, 1.807) is 6.08 Å². The third-order valence-corrected chi connectivity index (χ3v) is 6.04. The molecule has 0 aromatic heterocycles. The van der Waals surface area contributed by atoms with Crippen LogP contribution in [0.3, 0.4) is 0 Å². The molecule has 1 aliphatic carbocycles. The number of ether oxygens (including phenoxy) is 2. The topological polar surface area (TPSA) is 72.8 Å². The summed E-state index contributed by atoms with van der Waals surface area (Å²) in [4.78, 5) is 24.3. The molecule has 31 heavy (non-hydrogen) atoms. The van der Waals surface area contributed by atoms with E-state index in [2.05, 4.69) is 12.2 Å². The highest BCUT2D eigenvalue weighted by molar-refractivity contribution is 5.87. The highest BCUT2D eigenvalue weighted by atomic mass is 16.5. The molecule has 1 heterocycles. The summed E-state index contributed by atoms with van der Waals surface area (Å²) < 4.78 is 11.0. The maximum absolute atomic E-state index is 12.4. The van der Waals surface area contributed by atoms with Crippen molar-refractivity contribution in [2.75, 3.05) is 0 Å². The van der Waals surface area contributed by atoms with Crippen LogP contribution in [0.5, 0.6) is 0 Å². The first-order chi connectivity index (χ1) is 14.9. The van der Waals surface area contributed by atoms with E-state index in [4.69, 9.17) is 9.47 Å². The Morgan fingerprint density at radius 3 is 2.84 bits per heavy atom. The summed E-state index contributed by atoms with van der Waals surface area (Å²) in [6, 6.07) is 7.84. The van der Waals surface area contributed by atoms with E-state index in [0.717, 1.165) is 30.4 Å². The van der Waals surface area contributed by atoms with Gasteiger partial charge < -0.3 is 14.6 Å². The van der Waals surface area contributed by atoms with Gasteiger partial charge in [-0.15, -0.1) is 0 Å². The molecule has 1 aliphatic heterocycles. The Morgan fingerprint density at radius 1 is 1.23 bits per heavy atom. The van der Waals surface area contributed by atoms with Gasteiger partial charge >= 0.3 is 11.9 Å². The van der Waals surface area contributed by atoms with Gasteiger partial charge in [-0.25, -0.2) is 9.59 Å². The summed E-state index contributed by atoms with van der Waals surface area (Å²) in [6.45, 7) is 3.88. The van der Waals surface area contributed by atoms with E-state index in [0.29, 0.717) is 12.8 Å². The number of cyclic esters (lactones) is 1. The molecule has 166 valence electrons. The van der Waals surface area contributed by atoms with E-state index in [1.807, 2.05) is 38.1 Å². The van der Waals surface area contributed by atoms with E-state index in [9.17, 15) is 14.7 Å². The monoisotopic (exact) mass is 424 g/mol. The average molecular weight is 425 g/mol. The van der Waals surface area contributed by atoms with Crippen molar-refractivity contribution < 1.29 is 24.2 Å². The van der Waals surface area contributed by atoms with Gasteiger partial charge in [-0.05, 0) is 81.1 Å². The van der Waals surface area contributed by atoms with Gasteiger partial charge in [0.05, 0.1) is 12.2 Å². The van der Waals surface area contributed by atoms with E-state index >= 15 is 0 Å². The zero-order valence-corrected chi connectivity index (χ0v) is 18.3. The fourth-order valence-electron chi connectivity index (χ4n) is 4.31. The number of aliphatic hydroxyl groups excluding tert-OH is 1. The molecule has 3 rings (SSSR count). The second kappa shape index (κ2) is 11.1. The maximum atomic E-state index is 12.4. The molecular formula is C26H32O5. The Hall–Kier alpha value is -2.66. The molecule has 1 fully saturated rings. The molecule has 2 aliphatic rings. The zero-order valence-electron chi connectivity index (χ0n) is 18.3. The Labute approximate surface area is 184 Å². The first-order valence-corrected chi connectivity index (χ1v) is 11.1.